The molecule has 16 nitrogen and oxygen atoms in total. The molecule has 16 heteroatoms. The van der Waals surface area contributed by atoms with Gasteiger partial charge in [-0.2, -0.15) is 10.2 Å². The second kappa shape index (κ2) is 9.86. The fraction of sp³-hybridized carbons (Fsp3) is 0.263. The lowest BCUT2D eigenvalue weighted by atomic mass is 10.2. The van der Waals surface area contributed by atoms with Gasteiger partial charge in [-0.1, -0.05) is 0 Å². The fourth-order valence-corrected chi connectivity index (χ4v) is 3.34. The SMILES string of the molecule is CC(=NNc1ccc([N+](=O)[O-])cc1[N+](=O)[O-])[C@@H]1C[C@H]1C(C)=NNc1ccc([N+](=O)[O-])cc1[N+](=O)[O-]. The van der Waals surface area contributed by atoms with Crippen molar-refractivity contribution >= 4 is 45.5 Å². The van der Waals surface area contributed by atoms with Crippen molar-refractivity contribution in [2.24, 2.45) is 22.0 Å². The van der Waals surface area contributed by atoms with Gasteiger partial charge in [-0.25, -0.2) is 0 Å². The first kappa shape index (κ1) is 24.6. The van der Waals surface area contributed by atoms with Gasteiger partial charge in [0.05, 0.1) is 31.8 Å². The highest BCUT2D eigenvalue weighted by atomic mass is 16.6. The lowest BCUT2D eigenvalue weighted by molar-refractivity contribution is -0.393. The smallest absolute Gasteiger partial charge is 0.272 e. The van der Waals surface area contributed by atoms with Crippen molar-refractivity contribution in [2.45, 2.75) is 20.3 Å². The summed E-state index contributed by atoms with van der Waals surface area (Å²) in [7, 11) is 0. The van der Waals surface area contributed by atoms with Gasteiger partial charge in [0.1, 0.15) is 11.4 Å². The molecule has 1 fully saturated rings. The van der Waals surface area contributed by atoms with Crippen LogP contribution in [0.4, 0.5) is 34.1 Å². The molecule has 0 heterocycles. The zero-order valence-electron chi connectivity index (χ0n) is 18.3. The maximum absolute atomic E-state index is 11.2. The van der Waals surface area contributed by atoms with Crippen LogP contribution in [-0.2, 0) is 0 Å². The van der Waals surface area contributed by atoms with E-state index in [9.17, 15) is 40.5 Å². The van der Waals surface area contributed by atoms with Gasteiger partial charge in [-0.3, -0.25) is 51.3 Å². The van der Waals surface area contributed by atoms with Crippen LogP contribution < -0.4 is 10.9 Å². The first-order chi connectivity index (χ1) is 16.5. The third kappa shape index (κ3) is 5.67. The van der Waals surface area contributed by atoms with Gasteiger partial charge >= 0.3 is 11.4 Å². The number of hydrogen-bond donors (Lipinski definition) is 2. The third-order valence-corrected chi connectivity index (χ3v) is 5.35. The highest BCUT2D eigenvalue weighted by molar-refractivity contribution is 5.98. The van der Waals surface area contributed by atoms with Gasteiger partial charge in [0.15, 0.2) is 0 Å². The summed E-state index contributed by atoms with van der Waals surface area (Å²) in [6.45, 7) is 3.41. The Labute approximate surface area is 195 Å². The Morgan fingerprint density at radius 2 is 1.09 bits per heavy atom. The Kier molecular flexibility index (Phi) is 6.93. The molecule has 2 atom stereocenters. The standard InChI is InChI=1S/C19H18N8O8/c1-10(20-22-16-5-3-12(24(28)29)7-18(16)26(32)33)14-9-15(14)11(2)21-23-17-6-4-13(25(30)31)8-19(17)27(34)35/h3-8,14-15,22-23H,9H2,1-2H3/t14-,15-/m0/s1. The van der Waals surface area contributed by atoms with Crippen molar-refractivity contribution in [2.75, 3.05) is 10.9 Å². The monoisotopic (exact) mass is 486 g/mol. The van der Waals surface area contributed by atoms with E-state index in [1.807, 2.05) is 0 Å². The maximum Gasteiger partial charge on any atom is 0.301 e. The minimum Gasteiger partial charge on any atom is -0.272 e. The molecule has 0 unspecified atom stereocenters. The molecule has 3 rings (SSSR count). The van der Waals surface area contributed by atoms with Crippen LogP contribution in [0.5, 0.6) is 0 Å². The number of benzene rings is 2. The van der Waals surface area contributed by atoms with Crippen LogP contribution in [0.1, 0.15) is 20.3 Å². The second-order valence-electron chi connectivity index (χ2n) is 7.61. The average Bonchev–Trinajstić information content (AvgIpc) is 3.61. The van der Waals surface area contributed by atoms with E-state index in [1.165, 1.54) is 12.1 Å². The maximum atomic E-state index is 11.2. The molecule has 1 aliphatic rings. The lowest BCUT2D eigenvalue weighted by Crippen LogP contribution is -2.08. The minimum absolute atomic E-state index is 0.00492. The summed E-state index contributed by atoms with van der Waals surface area (Å²) in [5.74, 6) is -0.0889. The van der Waals surface area contributed by atoms with E-state index < -0.39 is 42.4 Å². The molecular weight excluding hydrogens is 468 g/mol. The quantitative estimate of drug-likeness (QED) is 0.276. The number of nitrogens with one attached hydrogen (secondary N) is 2. The summed E-state index contributed by atoms with van der Waals surface area (Å²) in [6, 6.07) is 6.33. The molecule has 182 valence electrons. The van der Waals surface area contributed by atoms with Crippen molar-refractivity contribution in [1.29, 1.82) is 0 Å². The number of hydrazone groups is 2. The zero-order chi connectivity index (χ0) is 25.9. The summed E-state index contributed by atoms with van der Waals surface area (Å²) in [5.41, 5.74) is 4.53. The molecule has 2 N–H and O–H groups in total. The lowest BCUT2D eigenvalue weighted by Gasteiger charge is -2.06. The molecule has 0 aromatic heterocycles. The van der Waals surface area contributed by atoms with E-state index in [2.05, 4.69) is 21.1 Å². The largest absolute Gasteiger partial charge is 0.301 e. The summed E-state index contributed by atoms with van der Waals surface area (Å²) >= 11 is 0. The van der Waals surface area contributed by atoms with Crippen LogP contribution in [-0.4, -0.2) is 31.1 Å². The topological polar surface area (TPSA) is 221 Å². The van der Waals surface area contributed by atoms with E-state index in [-0.39, 0.29) is 23.2 Å². The average molecular weight is 486 g/mol. The molecule has 2 aromatic rings. The van der Waals surface area contributed by atoms with Gasteiger partial charge in [0, 0.05) is 35.4 Å². The second-order valence-corrected chi connectivity index (χ2v) is 7.61. The van der Waals surface area contributed by atoms with Gasteiger partial charge in [-0.15, -0.1) is 0 Å². The molecule has 0 saturated heterocycles. The Bertz CT molecular complexity index is 1190. The van der Waals surface area contributed by atoms with E-state index in [1.54, 1.807) is 13.8 Å². The van der Waals surface area contributed by atoms with Crippen molar-refractivity contribution in [3.8, 4) is 0 Å². The molecule has 0 aliphatic heterocycles. The van der Waals surface area contributed by atoms with Crippen LogP contribution in [0, 0.1) is 52.3 Å². The Morgan fingerprint density at radius 3 is 1.40 bits per heavy atom. The first-order valence-corrected chi connectivity index (χ1v) is 9.95. The third-order valence-electron chi connectivity index (χ3n) is 5.35. The van der Waals surface area contributed by atoms with E-state index in [0.29, 0.717) is 17.8 Å². The Balaban J connectivity index is 1.68. The normalized spacial score (nSPS) is 17.4. The number of non-ortho nitro benzene ring substituents is 2. The first-order valence-electron chi connectivity index (χ1n) is 9.95. The molecule has 1 saturated carbocycles. The fourth-order valence-electron chi connectivity index (χ4n) is 3.34. The predicted molar refractivity (Wildman–Crippen MR) is 125 cm³/mol. The summed E-state index contributed by atoms with van der Waals surface area (Å²) in [6.07, 6.45) is 0.665. The molecule has 35 heavy (non-hydrogen) atoms. The number of nitro benzene ring substituents is 4. The van der Waals surface area contributed by atoms with E-state index >= 15 is 0 Å². The summed E-state index contributed by atoms with van der Waals surface area (Å²) < 4.78 is 0. The number of nitro groups is 4. The van der Waals surface area contributed by atoms with Crippen molar-refractivity contribution in [1.82, 2.24) is 0 Å². The molecular formula is C19H18N8O8. The highest BCUT2D eigenvalue weighted by Crippen LogP contribution is 2.41. The highest BCUT2D eigenvalue weighted by Gasteiger charge is 2.41. The summed E-state index contributed by atoms with van der Waals surface area (Å²) in [5, 5.41) is 52.5. The molecule has 2 aromatic carbocycles. The molecule has 1 aliphatic carbocycles. The van der Waals surface area contributed by atoms with Gasteiger partial charge in [0.25, 0.3) is 11.4 Å². The zero-order valence-corrected chi connectivity index (χ0v) is 18.3. The van der Waals surface area contributed by atoms with Gasteiger partial charge in [0.2, 0.25) is 0 Å². The van der Waals surface area contributed by atoms with Crippen LogP contribution in [0.15, 0.2) is 46.6 Å². The van der Waals surface area contributed by atoms with Gasteiger partial charge in [-0.05, 0) is 32.4 Å². The molecule has 0 bridgehead atoms. The Hall–Kier alpha value is -5.02. The van der Waals surface area contributed by atoms with E-state index in [4.69, 9.17) is 0 Å². The number of nitrogens with zero attached hydrogens (tertiary/aromatic N) is 6. The Morgan fingerprint density at radius 1 is 0.714 bits per heavy atom. The van der Waals surface area contributed by atoms with Crippen LogP contribution >= 0.6 is 0 Å². The molecule has 0 amide bonds. The van der Waals surface area contributed by atoms with Crippen LogP contribution in [0.25, 0.3) is 0 Å². The number of hydrogen-bond acceptors (Lipinski definition) is 12. The summed E-state index contributed by atoms with van der Waals surface area (Å²) in [4.78, 5) is 41.2. The number of anilines is 2. The van der Waals surface area contributed by atoms with Crippen LogP contribution in [0.3, 0.4) is 0 Å². The molecule has 0 radical (unpaired) electrons. The molecule has 0 spiro atoms. The number of rotatable bonds is 10. The van der Waals surface area contributed by atoms with E-state index in [0.717, 1.165) is 24.3 Å². The van der Waals surface area contributed by atoms with Crippen molar-refractivity contribution in [3.05, 3.63) is 76.9 Å². The predicted octanol–water partition coefficient (Wildman–Crippen LogP) is 4.23. The van der Waals surface area contributed by atoms with Crippen molar-refractivity contribution < 1.29 is 19.7 Å². The minimum atomic E-state index is -0.750. The van der Waals surface area contributed by atoms with Crippen LogP contribution in [0.2, 0.25) is 0 Å². The van der Waals surface area contributed by atoms with Crippen molar-refractivity contribution in [3.63, 3.8) is 0 Å². The van der Waals surface area contributed by atoms with Gasteiger partial charge < -0.3 is 0 Å².